The summed E-state index contributed by atoms with van der Waals surface area (Å²) in [6.07, 6.45) is -0.198. The molecule has 0 radical (unpaired) electrons. The molecule has 4 amide bonds. The summed E-state index contributed by atoms with van der Waals surface area (Å²) in [5.74, 6) is -6.59. The average molecular weight is 447 g/mol. The molecule has 0 spiro atoms. The maximum Gasteiger partial charge on any atom is 0.326 e. The minimum Gasteiger partial charge on any atom is -0.481 e. The molecule has 1 rings (SSSR count). The number of thiol groups is 1. The lowest BCUT2D eigenvalue weighted by Gasteiger charge is -2.23. The molecule has 0 aromatic carbocycles. The molecule has 13 nitrogen and oxygen atoms in total. The first-order chi connectivity index (χ1) is 14.0. The minimum atomic E-state index is -1.70. The Balaban J connectivity index is 2.82. The number of carboxylic acids is 2. The predicted octanol–water partition coefficient (Wildman–Crippen LogP) is -3.44. The highest BCUT2D eigenvalue weighted by molar-refractivity contribution is 7.80. The van der Waals surface area contributed by atoms with Gasteiger partial charge in [-0.2, -0.15) is 12.6 Å². The summed E-state index contributed by atoms with van der Waals surface area (Å²) in [7, 11) is 0. The summed E-state index contributed by atoms with van der Waals surface area (Å²) in [4.78, 5) is 70.1. The van der Waals surface area contributed by atoms with E-state index in [0.717, 1.165) is 6.42 Å². The number of aliphatic carboxylic acids is 2. The monoisotopic (exact) mass is 447 g/mol. The highest BCUT2D eigenvalue weighted by atomic mass is 32.1. The van der Waals surface area contributed by atoms with Crippen LogP contribution in [0.5, 0.6) is 0 Å². The fourth-order valence-electron chi connectivity index (χ4n) is 2.70. The Morgan fingerprint density at radius 2 is 1.57 bits per heavy atom. The summed E-state index contributed by atoms with van der Waals surface area (Å²) in [5.41, 5.74) is 4.93. The van der Waals surface area contributed by atoms with Gasteiger partial charge in [0.2, 0.25) is 23.6 Å². The van der Waals surface area contributed by atoms with E-state index in [9.17, 15) is 28.8 Å². The smallest absolute Gasteiger partial charge is 0.326 e. The molecule has 4 atom stereocenters. The summed E-state index contributed by atoms with van der Waals surface area (Å²) < 4.78 is 0. The third-order valence-electron chi connectivity index (χ3n) is 4.22. The molecular weight excluding hydrogens is 422 g/mol. The van der Waals surface area contributed by atoms with Crippen molar-refractivity contribution >= 4 is 48.2 Å². The van der Waals surface area contributed by atoms with Crippen LogP contribution in [-0.4, -0.2) is 82.2 Å². The SMILES string of the molecule is NC(=O)CC(NC(=O)C(CC(=O)O)NC(=O)C(CS)NC(=O)C1CCCN1)C(=O)O. The molecule has 1 aliphatic heterocycles. The molecule has 30 heavy (non-hydrogen) atoms. The summed E-state index contributed by atoms with van der Waals surface area (Å²) >= 11 is 3.99. The second kappa shape index (κ2) is 12.0. The maximum absolute atomic E-state index is 12.5. The Labute approximate surface area is 176 Å². The number of nitrogens with two attached hydrogens (primary N) is 1. The zero-order valence-electron chi connectivity index (χ0n) is 15.9. The van der Waals surface area contributed by atoms with Crippen LogP contribution in [0.4, 0.5) is 0 Å². The Kier molecular flexibility index (Phi) is 10.0. The molecule has 1 fully saturated rings. The van der Waals surface area contributed by atoms with Crippen molar-refractivity contribution in [1.29, 1.82) is 0 Å². The van der Waals surface area contributed by atoms with Crippen molar-refractivity contribution in [3.8, 4) is 0 Å². The Morgan fingerprint density at radius 1 is 0.967 bits per heavy atom. The number of hydrogen-bond donors (Lipinski definition) is 8. The first kappa shape index (κ1) is 25.2. The van der Waals surface area contributed by atoms with Crippen LogP contribution < -0.4 is 27.0 Å². The third kappa shape index (κ3) is 8.24. The van der Waals surface area contributed by atoms with Crippen LogP contribution in [0.25, 0.3) is 0 Å². The van der Waals surface area contributed by atoms with Crippen molar-refractivity contribution < 1.29 is 39.0 Å². The van der Waals surface area contributed by atoms with Crippen LogP contribution in [0.3, 0.4) is 0 Å². The van der Waals surface area contributed by atoms with Crippen molar-refractivity contribution in [2.24, 2.45) is 5.73 Å². The molecule has 8 N–H and O–H groups in total. The summed E-state index contributed by atoms with van der Waals surface area (Å²) in [6.45, 7) is 0.659. The van der Waals surface area contributed by atoms with E-state index in [0.29, 0.717) is 13.0 Å². The molecular formula is C16H25N5O8S. The van der Waals surface area contributed by atoms with Gasteiger partial charge in [0.25, 0.3) is 0 Å². The van der Waals surface area contributed by atoms with Crippen LogP contribution in [0.15, 0.2) is 0 Å². The molecule has 1 aliphatic rings. The molecule has 0 aromatic heterocycles. The van der Waals surface area contributed by atoms with E-state index in [1.54, 1.807) is 0 Å². The molecule has 4 unspecified atom stereocenters. The lowest BCUT2D eigenvalue weighted by atomic mass is 10.1. The van der Waals surface area contributed by atoms with Gasteiger partial charge in [-0.15, -0.1) is 0 Å². The van der Waals surface area contributed by atoms with E-state index < -0.39 is 72.6 Å². The van der Waals surface area contributed by atoms with Crippen LogP contribution in [0, 0.1) is 0 Å². The van der Waals surface area contributed by atoms with Gasteiger partial charge in [0.1, 0.15) is 18.1 Å². The topological polar surface area (TPSA) is 217 Å². The lowest BCUT2D eigenvalue weighted by Crippen LogP contribution is -2.58. The fraction of sp³-hybridized carbons (Fsp3) is 0.625. The van der Waals surface area contributed by atoms with Gasteiger partial charge >= 0.3 is 11.9 Å². The number of carbonyl (C=O) groups is 6. The zero-order valence-corrected chi connectivity index (χ0v) is 16.8. The quantitative estimate of drug-likeness (QED) is 0.139. The van der Waals surface area contributed by atoms with Crippen LogP contribution >= 0.6 is 12.6 Å². The number of carbonyl (C=O) groups excluding carboxylic acids is 4. The number of hydrogen-bond acceptors (Lipinski definition) is 8. The van der Waals surface area contributed by atoms with Gasteiger partial charge in [0, 0.05) is 5.75 Å². The maximum atomic E-state index is 12.5. The number of amides is 4. The number of rotatable bonds is 12. The average Bonchev–Trinajstić information content (AvgIpc) is 3.18. The Morgan fingerprint density at radius 3 is 2.03 bits per heavy atom. The zero-order chi connectivity index (χ0) is 22.8. The van der Waals surface area contributed by atoms with Gasteiger partial charge in [-0.25, -0.2) is 4.79 Å². The van der Waals surface area contributed by atoms with Gasteiger partial charge in [0.15, 0.2) is 0 Å². The van der Waals surface area contributed by atoms with E-state index >= 15 is 0 Å². The molecule has 0 aromatic rings. The van der Waals surface area contributed by atoms with Crippen molar-refractivity contribution in [1.82, 2.24) is 21.3 Å². The van der Waals surface area contributed by atoms with Gasteiger partial charge in [0.05, 0.1) is 18.9 Å². The van der Waals surface area contributed by atoms with E-state index in [2.05, 4.69) is 28.6 Å². The highest BCUT2D eigenvalue weighted by Gasteiger charge is 2.32. The van der Waals surface area contributed by atoms with Crippen LogP contribution in [-0.2, 0) is 28.8 Å². The number of nitrogens with one attached hydrogen (secondary N) is 4. The van der Waals surface area contributed by atoms with Crippen molar-refractivity contribution in [2.45, 2.75) is 49.9 Å². The Bertz CT molecular complexity index is 697. The lowest BCUT2D eigenvalue weighted by molar-refractivity contribution is -0.144. The van der Waals surface area contributed by atoms with E-state index in [4.69, 9.17) is 15.9 Å². The first-order valence-corrected chi connectivity index (χ1v) is 9.66. The molecule has 0 bridgehead atoms. The normalized spacial score (nSPS) is 18.5. The van der Waals surface area contributed by atoms with Crippen LogP contribution in [0.1, 0.15) is 25.7 Å². The summed E-state index contributed by atoms with van der Waals surface area (Å²) in [5, 5.41) is 27.6. The summed E-state index contributed by atoms with van der Waals surface area (Å²) in [6, 6.07) is -4.98. The van der Waals surface area contributed by atoms with E-state index in [-0.39, 0.29) is 5.75 Å². The Hall–Kier alpha value is -2.87. The minimum absolute atomic E-state index is 0.134. The second-order valence-electron chi connectivity index (χ2n) is 6.62. The van der Waals surface area contributed by atoms with Crippen molar-refractivity contribution in [2.75, 3.05) is 12.3 Å². The van der Waals surface area contributed by atoms with Gasteiger partial charge in [-0.3, -0.25) is 24.0 Å². The van der Waals surface area contributed by atoms with E-state index in [1.807, 2.05) is 5.32 Å². The van der Waals surface area contributed by atoms with E-state index in [1.165, 1.54) is 0 Å². The van der Waals surface area contributed by atoms with Crippen LogP contribution in [0.2, 0.25) is 0 Å². The highest BCUT2D eigenvalue weighted by Crippen LogP contribution is 2.06. The predicted molar refractivity (Wildman–Crippen MR) is 104 cm³/mol. The van der Waals surface area contributed by atoms with Crippen molar-refractivity contribution in [3.63, 3.8) is 0 Å². The molecule has 0 saturated carbocycles. The third-order valence-corrected chi connectivity index (χ3v) is 4.59. The van der Waals surface area contributed by atoms with Crippen molar-refractivity contribution in [3.05, 3.63) is 0 Å². The molecule has 0 aliphatic carbocycles. The van der Waals surface area contributed by atoms with Gasteiger partial charge in [-0.05, 0) is 19.4 Å². The molecule has 1 saturated heterocycles. The van der Waals surface area contributed by atoms with Gasteiger partial charge in [-0.1, -0.05) is 0 Å². The first-order valence-electron chi connectivity index (χ1n) is 9.03. The molecule has 168 valence electrons. The fourth-order valence-corrected chi connectivity index (χ4v) is 2.96. The number of primary amides is 1. The van der Waals surface area contributed by atoms with Gasteiger partial charge < -0.3 is 37.2 Å². The number of carboxylic acid groups (broad SMARTS) is 2. The standard InChI is InChI=1S/C16H25N5O8S/c17-11(22)4-9(16(28)29)20-14(26)8(5-12(23)24)19-15(27)10(6-30)21-13(25)7-2-1-3-18-7/h7-10,18,30H,1-6H2,(H2,17,22)(H,19,27)(H,20,26)(H,21,25)(H,23,24)(H,28,29). The largest absolute Gasteiger partial charge is 0.481 e. The molecule has 1 heterocycles. The molecule has 14 heteroatoms. The second-order valence-corrected chi connectivity index (χ2v) is 6.99.